The van der Waals surface area contributed by atoms with E-state index in [1.165, 1.54) is 12.8 Å². The van der Waals surface area contributed by atoms with Gasteiger partial charge < -0.3 is 15.4 Å². The third kappa shape index (κ3) is 5.39. The monoisotopic (exact) mass is 242 g/mol. The summed E-state index contributed by atoms with van der Waals surface area (Å²) in [4.78, 5) is 11.5. The predicted octanol–water partition coefficient (Wildman–Crippen LogP) is 2.15. The highest BCUT2D eigenvalue weighted by molar-refractivity contribution is 5.67. The number of rotatable bonds is 3. The largest absolute Gasteiger partial charge is 0.444 e. The Balaban J connectivity index is 2.31. The van der Waals surface area contributed by atoms with Crippen molar-refractivity contribution < 1.29 is 9.53 Å². The number of hydrogen-bond acceptors (Lipinski definition) is 3. The van der Waals surface area contributed by atoms with Gasteiger partial charge in [-0.05, 0) is 52.1 Å². The average molecular weight is 242 g/mol. The maximum Gasteiger partial charge on any atom is 0.407 e. The quantitative estimate of drug-likeness (QED) is 0.797. The van der Waals surface area contributed by atoms with Gasteiger partial charge in [0.2, 0.25) is 0 Å². The smallest absolute Gasteiger partial charge is 0.407 e. The minimum Gasteiger partial charge on any atom is -0.444 e. The number of hydrogen-bond donors (Lipinski definition) is 2. The van der Waals surface area contributed by atoms with Gasteiger partial charge >= 0.3 is 6.09 Å². The summed E-state index contributed by atoms with van der Waals surface area (Å²) in [5, 5.41) is 6.25. The van der Waals surface area contributed by atoms with Crippen molar-refractivity contribution in [3.05, 3.63) is 0 Å². The van der Waals surface area contributed by atoms with Crippen molar-refractivity contribution in [1.82, 2.24) is 10.6 Å². The minimum atomic E-state index is -0.418. The molecule has 2 N–H and O–H groups in total. The third-order valence-corrected chi connectivity index (χ3v) is 3.20. The molecule has 1 amide bonds. The van der Waals surface area contributed by atoms with Crippen molar-refractivity contribution in [2.24, 2.45) is 11.8 Å². The van der Waals surface area contributed by atoms with E-state index in [0.717, 1.165) is 13.1 Å². The van der Waals surface area contributed by atoms with E-state index in [1.54, 1.807) is 0 Å². The van der Waals surface area contributed by atoms with Gasteiger partial charge in [0.05, 0.1) is 0 Å². The molecular weight excluding hydrogens is 216 g/mol. The molecule has 0 aromatic rings. The molecule has 100 valence electrons. The number of carbonyl (C=O) groups excluding carboxylic acids is 1. The normalized spacial score (nSPS) is 25.4. The Morgan fingerprint density at radius 2 is 2.12 bits per heavy atom. The molecule has 4 heteroatoms. The van der Waals surface area contributed by atoms with E-state index in [1.807, 2.05) is 20.8 Å². The molecule has 4 nitrogen and oxygen atoms in total. The number of amides is 1. The molecule has 1 saturated heterocycles. The molecule has 0 aliphatic carbocycles. The second-order valence-electron chi connectivity index (χ2n) is 5.80. The van der Waals surface area contributed by atoms with Crippen LogP contribution < -0.4 is 10.6 Å². The highest BCUT2D eigenvalue weighted by Crippen LogP contribution is 2.21. The number of nitrogens with one attached hydrogen (secondary N) is 2. The van der Waals surface area contributed by atoms with Crippen molar-refractivity contribution in [2.45, 2.75) is 46.1 Å². The van der Waals surface area contributed by atoms with Crippen LogP contribution in [0.4, 0.5) is 4.79 Å². The summed E-state index contributed by atoms with van der Waals surface area (Å²) in [6.07, 6.45) is 2.08. The van der Waals surface area contributed by atoms with Gasteiger partial charge in [0.1, 0.15) is 5.60 Å². The minimum absolute atomic E-state index is 0.307. The number of alkyl carbamates (subject to hydrolysis) is 1. The van der Waals surface area contributed by atoms with Crippen LogP contribution in [0.25, 0.3) is 0 Å². The lowest BCUT2D eigenvalue weighted by Crippen LogP contribution is -2.44. The Bertz CT molecular complexity index is 248. The van der Waals surface area contributed by atoms with Crippen LogP contribution in [0, 0.1) is 11.8 Å². The topological polar surface area (TPSA) is 50.4 Å². The molecule has 1 aliphatic rings. The van der Waals surface area contributed by atoms with Gasteiger partial charge in [-0.25, -0.2) is 4.79 Å². The van der Waals surface area contributed by atoms with Crippen molar-refractivity contribution in [1.29, 1.82) is 0 Å². The first kappa shape index (κ1) is 14.3. The Morgan fingerprint density at radius 3 is 2.71 bits per heavy atom. The van der Waals surface area contributed by atoms with Crippen LogP contribution in [0.1, 0.15) is 40.5 Å². The molecule has 1 rings (SSSR count). The van der Waals surface area contributed by atoms with Crippen LogP contribution in [-0.2, 0) is 4.74 Å². The Morgan fingerprint density at radius 1 is 1.41 bits per heavy atom. The molecule has 0 radical (unpaired) electrons. The lowest BCUT2D eigenvalue weighted by atomic mass is 9.84. The van der Waals surface area contributed by atoms with Crippen LogP contribution in [-0.4, -0.2) is 31.3 Å². The first-order valence-electron chi connectivity index (χ1n) is 6.60. The molecule has 0 spiro atoms. The summed E-state index contributed by atoms with van der Waals surface area (Å²) >= 11 is 0. The molecule has 0 saturated carbocycles. The standard InChI is InChI=1S/C13H26N2O2/c1-5-10-6-7-14-8-11(10)9-15-12(16)17-13(2,3)4/h10-11,14H,5-9H2,1-4H3,(H,15,16). The molecule has 0 aromatic heterocycles. The highest BCUT2D eigenvalue weighted by Gasteiger charge is 2.24. The molecule has 1 heterocycles. The van der Waals surface area contributed by atoms with Gasteiger partial charge in [0.25, 0.3) is 0 Å². The van der Waals surface area contributed by atoms with Crippen LogP contribution in [0.2, 0.25) is 0 Å². The fourth-order valence-electron chi connectivity index (χ4n) is 2.28. The van der Waals surface area contributed by atoms with Crippen molar-refractivity contribution in [3.8, 4) is 0 Å². The molecule has 2 atom stereocenters. The Kier molecular flexibility index (Phi) is 5.25. The summed E-state index contributed by atoms with van der Waals surface area (Å²) in [5.41, 5.74) is -0.418. The summed E-state index contributed by atoms with van der Waals surface area (Å²) in [6, 6.07) is 0. The summed E-state index contributed by atoms with van der Waals surface area (Å²) in [7, 11) is 0. The van der Waals surface area contributed by atoms with E-state index in [9.17, 15) is 4.79 Å². The van der Waals surface area contributed by atoms with Crippen molar-refractivity contribution in [3.63, 3.8) is 0 Å². The van der Waals surface area contributed by atoms with Gasteiger partial charge in [0.15, 0.2) is 0 Å². The Hall–Kier alpha value is -0.770. The van der Waals surface area contributed by atoms with Gasteiger partial charge in [-0.15, -0.1) is 0 Å². The maximum absolute atomic E-state index is 11.5. The van der Waals surface area contributed by atoms with E-state index in [-0.39, 0.29) is 6.09 Å². The predicted molar refractivity (Wildman–Crippen MR) is 69.0 cm³/mol. The first-order chi connectivity index (χ1) is 7.92. The van der Waals surface area contributed by atoms with Crippen LogP contribution in [0.3, 0.4) is 0 Å². The van der Waals surface area contributed by atoms with Crippen LogP contribution >= 0.6 is 0 Å². The zero-order chi connectivity index (χ0) is 12.9. The Labute approximate surface area is 104 Å². The number of ether oxygens (including phenoxy) is 1. The van der Waals surface area contributed by atoms with E-state index in [2.05, 4.69) is 17.6 Å². The van der Waals surface area contributed by atoms with Crippen LogP contribution in [0.5, 0.6) is 0 Å². The number of carbonyl (C=O) groups is 1. The van der Waals surface area contributed by atoms with Crippen LogP contribution in [0.15, 0.2) is 0 Å². The second-order valence-corrected chi connectivity index (χ2v) is 5.80. The highest BCUT2D eigenvalue weighted by atomic mass is 16.6. The molecule has 2 unspecified atom stereocenters. The fourth-order valence-corrected chi connectivity index (χ4v) is 2.28. The van der Waals surface area contributed by atoms with Crippen molar-refractivity contribution in [2.75, 3.05) is 19.6 Å². The average Bonchev–Trinajstić information content (AvgIpc) is 2.24. The summed E-state index contributed by atoms with van der Waals surface area (Å²) in [6.45, 7) is 10.7. The van der Waals surface area contributed by atoms with E-state index < -0.39 is 5.60 Å². The van der Waals surface area contributed by atoms with Gasteiger partial charge in [-0.2, -0.15) is 0 Å². The van der Waals surface area contributed by atoms with E-state index in [0.29, 0.717) is 18.4 Å². The first-order valence-corrected chi connectivity index (χ1v) is 6.60. The van der Waals surface area contributed by atoms with Gasteiger partial charge in [-0.3, -0.25) is 0 Å². The van der Waals surface area contributed by atoms with E-state index >= 15 is 0 Å². The summed E-state index contributed by atoms with van der Waals surface area (Å²) in [5.74, 6) is 1.24. The lowest BCUT2D eigenvalue weighted by molar-refractivity contribution is 0.0508. The number of piperidine rings is 1. The third-order valence-electron chi connectivity index (χ3n) is 3.20. The molecule has 0 aromatic carbocycles. The molecular formula is C13H26N2O2. The molecule has 17 heavy (non-hydrogen) atoms. The van der Waals surface area contributed by atoms with Gasteiger partial charge in [0, 0.05) is 6.54 Å². The zero-order valence-corrected chi connectivity index (χ0v) is 11.5. The zero-order valence-electron chi connectivity index (χ0n) is 11.5. The molecule has 1 fully saturated rings. The van der Waals surface area contributed by atoms with E-state index in [4.69, 9.17) is 4.74 Å². The fraction of sp³-hybridized carbons (Fsp3) is 0.923. The molecule has 1 aliphatic heterocycles. The summed E-state index contributed by atoms with van der Waals surface area (Å²) < 4.78 is 5.23. The van der Waals surface area contributed by atoms with Gasteiger partial charge in [-0.1, -0.05) is 13.3 Å². The second kappa shape index (κ2) is 6.24. The molecule has 0 bridgehead atoms. The maximum atomic E-state index is 11.5. The lowest BCUT2D eigenvalue weighted by Gasteiger charge is -2.31. The van der Waals surface area contributed by atoms with Crippen molar-refractivity contribution >= 4 is 6.09 Å². The SMILES string of the molecule is CCC1CCNCC1CNC(=O)OC(C)(C)C.